The Morgan fingerprint density at radius 3 is 2.66 bits per heavy atom. The first-order valence-electron chi connectivity index (χ1n) is 9.92. The molecule has 0 spiro atoms. The minimum atomic E-state index is -3.52. The largest absolute Gasteiger partial charge is 0.467 e. The number of rotatable bonds is 6. The molecule has 0 aliphatic carbocycles. The molecule has 0 atom stereocenters. The van der Waals surface area contributed by atoms with Gasteiger partial charge in [0, 0.05) is 10.6 Å². The van der Waals surface area contributed by atoms with Gasteiger partial charge >= 0.3 is 0 Å². The number of hydrogen-bond donors (Lipinski definition) is 0. The first-order valence-corrected chi connectivity index (χ1v) is 12.7. The van der Waals surface area contributed by atoms with E-state index in [1.54, 1.807) is 44.2 Å². The van der Waals surface area contributed by atoms with Crippen molar-refractivity contribution in [1.29, 1.82) is 0 Å². The summed E-state index contributed by atoms with van der Waals surface area (Å²) in [4.78, 5) is 19.9. The van der Waals surface area contributed by atoms with E-state index in [9.17, 15) is 13.2 Å². The van der Waals surface area contributed by atoms with E-state index >= 15 is 0 Å². The predicted molar refractivity (Wildman–Crippen MR) is 127 cm³/mol. The average molecular weight is 489 g/mol. The van der Waals surface area contributed by atoms with Crippen molar-refractivity contribution >= 4 is 54.0 Å². The van der Waals surface area contributed by atoms with Crippen molar-refractivity contribution < 1.29 is 17.6 Å². The number of nitrogens with zero attached hydrogens (tertiary/aromatic N) is 2. The fourth-order valence-electron chi connectivity index (χ4n) is 3.22. The number of carbonyl (C=O) groups excluding carboxylic acids is 1. The van der Waals surface area contributed by atoms with Crippen molar-refractivity contribution in [2.45, 2.75) is 37.5 Å². The van der Waals surface area contributed by atoms with Crippen molar-refractivity contribution in [2.24, 2.45) is 0 Å². The van der Waals surface area contributed by atoms with Gasteiger partial charge in [-0.15, -0.1) is 0 Å². The zero-order valence-electron chi connectivity index (χ0n) is 17.7. The molecule has 0 radical (unpaired) electrons. The molecule has 166 valence electrons. The molecule has 0 N–H and O–H groups in total. The molecule has 0 fully saturated rings. The maximum absolute atomic E-state index is 13.6. The molecule has 2 aromatic heterocycles. The second kappa shape index (κ2) is 8.69. The second-order valence-electron chi connectivity index (χ2n) is 7.61. The van der Waals surface area contributed by atoms with Crippen LogP contribution in [0.4, 0.5) is 5.13 Å². The quantitative estimate of drug-likeness (QED) is 0.338. The third kappa shape index (κ3) is 4.18. The third-order valence-electron chi connectivity index (χ3n) is 5.14. The van der Waals surface area contributed by atoms with Crippen molar-refractivity contribution in [3.63, 3.8) is 0 Å². The summed E-state index contributed by atoms with van der Waals surface area (Å²) in [5.74, 6) is 0.211. The highest BCUT2D eigenvalue weighted by molar-refractivity contribution is 7.92. The zero-order valence-corrected chi connectivity index (χ0v) is 20.1. The SMILES string of the molecule is Cc1c(Cl)ccc2sc(N(Cc3ccco3)C(=O)c3cccc(S(=O)(=O)C(C)C)c3)nc12. The van der Waals surface area contributed by atoms with E-state index in [-0.39, 0.29) is 22.9 Å². The van der Waals surface area contributed by atoms with Crippen molar-refractivity contribution in [1.82, 2.24) is 4.98 Å². The van der Waals surface area contributed by atoms with Crippen LogP contribution in [0, 0.1) is 6.92 Å². The summed E-state index contributed by atoms with van der Waals surface area (Å²) >= 11 is 7.61. The molecule has 0 aliphatic rings. The lowest BCUT2D eigenvalue weighted by atomic mass is 10.2. The molecular weight excluding hydrogens is 468 g/mol. The van der Waals surface area contributed by atoms with E-state index in [2.05, 4.69) is 4.98 Å². The number of halogens is 1. The number of benzene rings is 2. The van der Waals surface area contributed by atoms with E-state index in [0.717, 1.165) is 15.8 Å². The van der Waals surface area contributed by atoms with E-state index < -0.39 is 15.1 Å². The van der Waals surface area contributed by atoms with Gasteiger partial charge in [0.15, 0.2) is 15.0 Å². The van der Waals surface area contributed by atoms with Gasteiger partial charge in [0.2, 0.25) is 0 Å². The van der Waals surface area contributed by atoms with E-state index in [1.165, 1.54) is 34.6 Å². The number of aromatic nitrogens is 1. The topological polar surface area (TPSA) is 80.5 Å². The normalized spacial score (nSPS) is 11.9. The zero-order chi connectivity index (χ0) is 23.0. The maximum Gasteiger partial charge on any atom is 0.260 e. The Morgan fingerprint density at radius 2 is 1.97 bits per heavy atom. The smallest absolute Gasteiger partial charge is 0.260 e. The highest BCUT2D eigenvalue weighted by Crippen LogP contribution is 2.35. The number of carbonyl (C=O) groups is 1. The summed E-state index contributed by atoms with van der Waals surface area (Å²) < 4.78 is 31.6. The van der Waals surface area contributed by atoms with Gasteiger partial charge in [-0.3, -0.25) is 9.69 Å². The van der Waals surface area contributed by atoms with Gasteiger partial charge in [0.1, 0.15) is 5.76 Å². The molecule has 0 saturated heterocycles. The summed E-state index contributed by atoms with van der Waals surface area (Å²) in [6, 6.07) is 13.3. The predicted octanol–water partition coefficient (Wildman–Crippen LogP) is 5.88. The molecule has 4 rings (SSSR count). The lowest BCUT2D eigenvalue weighted by Gasteiger charge is -2.19. The number of aryl methyl sites for hydroxylation is 1. The lowest BCUT2D eigenvalue weighted by Crippen LogP contribution is -2.30. The third-order valence-corrected chi connectivity index (χ3v) is 8.74. The molecule has 9 heteroatoms. The number of sulfone groups is 1. The molecule has 1 amide bonds. The van der Waals surface area contributed by atoms with Crippen molar-refractivity contribution in [3.8, 4) is 0 Å². The Morgan fingerprint density at radius 1 is 1.19 bits per heavy atom. The number of hydrogen-bond acceptors (Lipinski definition) is 6. The van der Waals surface area contributed by atoms with Crippen molar-refractivity contribution in [3.05, 3.63) is 76.7 Å². The average Bonchev–Trinajstić information content (AvgIpc) is 3.44. The second-order valence-corrected chi connectivity index (χ2v) is 11.5. The number of furan rings is 1. The summed E-state index contributed by atoms with van der Waals surface area (Å²) in [5.41, 5.74) is 1.82. The summed E-state index contributed by atoms with van der Waals surface area (Å²) in [7, 11) is -3.52. The molecule has 0 saturated carbocycles. The number of anilines is 1. The van der Waals surface area contributed by atoms with Crippen LogP contribution in [-0.4, -0.2) is 24.6 Å². The number of amides is 1. The Labute approximate surface area is 195 Å². The van der Waals surface area contributed by atoms with Gasteiger partial charge in [-0.1, -0.05) is 29.0 Å². The Balaban J connectivity index is 1.80. The van der Waals surface area contributed by atoms with Crippen LogP contribution < -0.4 is 4.90 Å². The van der Waals surface area contributed by atoms with Crippen molar-refractivity contribution in [2.75, 3.05) is 4.90 Å². The Bertz CT molecular complexity index is 1390. The van der Waals surface area contributed by atoms with Crippen LogP contribution in [0.15, 0.2) is 64.1 Å². The molecule has 4 aromatic rings. The van der Waals surface area contributed by atoms with Crippen LogP contribution in [0.1, 0.15) is 35.5 Å². The van der Waals surface area contributed by atoms with Crippen LogP contribution in [0.3, 0.4) is 0 Å². The van der Waals surface area contributed by atoms with Gasteiger partial charge in [0.05, 0.1) is 33.2 Å². The van der Waals surface area contributed by atoms with Crippen LogP contribution in [-0.2, 0) is 16.4 Å². The van der Waals surface area contributed by atoms with Gasteiger partial charge < -0.3 is 4.42 Å². The van der Waals surface area contributed by atoms with Crippen LogP contribution in [0.25, 0.3) is 10.2 Å². The number of thiazole rings is 1. The highest BCUT2D eigenvalue weighted by Gasteiger charge is 2.26. The molecule has 2 heterocycles. The minimum absolute atomic E-state index is 0.114. The molecule has 0 unspecified atom stereocenters. The molecule has 6 nitrogen and oxygen atoms in total. The standard InChI is InChI=1S/C23H21ClN2O4S2/c1-14(2)32(28,29)18-8-4-6-16(12-18)22(27)26(13-17-7-5-11-30-17)23-25-21-15(3)19(24)9-10-20(21)31-23/h4-12,14H,13H2,1-3H3. The monoisotopic (exact) mass is 488 g/mol. The molecule has 0 aliphatic heterocycles. The van der Waals surface area contributed by atoms with Gasteiger partial charge in [-0.25, -0.2) is 13.4 Å². The summed E-state index contributed by atoms with van der Waals surface area (Å²) in [6.45, 7) is 5.26. The van der Waals surface area contributed by atoms with Crippen LogP contribution in [0.5, 0.6) is 0 Å². The highest BCUT2D eigenvalue weighted by atomic mass is 35.5. The number of fused-ring (bicyclic) bond motifs is 1. The molecule has 0 bridgehead atoms. The fraction of sp³-hybridized carbons (Fsp3) is 0.217. The van der Waals surface area contributed by atoms with Crippen LogP contribution in [0.2, 0.25) is 5.02 Å². The van der Waals surface area contributed by atoms with Gasteiger partial charge in [0.25, 0.3) is 5.91 Å². The molecular formula is C23H21ClN2O4S2. The Hall–Kier alpha value is -2.68. The minimum Gasteiger partial charge on any atom is -0.467 e. The first-order chi connectivity index (χ1) is 15.2. The summed E-state index contributed by atoms with van der Waals surface area (Å²) in [5, 5.41) is 0.484. The molecule has 2 aromatic carbocycles. The summed E-state index contributed by atoms with van der Waals surface area (Å²) in [6.07, 6.45) is 1.54. The van der Waals surface area contributed by atoms with Gasteiger partial charge in [-0.2, -0.15) is 0 Å². The van der Waals surface area contributed by atoms with E-state index in [0.29, 0.717) is 15.9 Å². The first kappa shape index (κ1) is 22.5. The van der Waals surface area contributed by atoms with Gasteiger partial charge in [-0.05, 0) is 68.8 Å². The van der Waals surface area contributed by atoms with E-state index in [4.69, 9.17) is 16.0 Å². The Kier molecular flexibility index (Phi) is 6.11. The maximum atomic E-state index is 13.6. The van der Waals surface area contributed by atoms with Crippen LogP contribution >= 0.6 is 22.9 Å². The lowest BCUT2D eigenvalue weighted by molar-refractivity contribution is 0.0983. The molecule has 32 heavy (non-hydrogen) atoms. The van der Waals surface area contributed by atoms with E-state index in [1.807, 2.05) is 13.0 Å². The fourth-order valence-corrected chi connectivity index (χ4v) is 5.50.